The van der Waals surface area contributed by atoms with Crippen molar-refractivity contribution >= 4 is 5.69 Å². The number of allylic oxidation sites excluding steroid dienone is 3. The van der Waals surface area contributed by atoms with E-state index in [1.54, 1.807) is 18.2 Å². The molecule has 0 spiro atoms. The van der Waals surface area contributed by atoms with E-state index in [9.17, 15) is 0 Å². The third-order valence-corrected chi connectivity index (χ3v) is 1.53. The zero-order chi connectivity index (χ0) is 10.2. The molecule has 0 fully saturated rings. The summed E-state index contributed by atoms with van der Waals surface area (Å²) in [4.78, 5) is 0. The van der Waals surface area contributed by atoms with Crippen LogP contribution >= 0.6 is 0 Å². The molecule has 1 aromatic rings. The van der Waals surface area contributed by atoms with Crippen LogP contribution in [0.25, 0.3) is 0 Å². The van der Waals surface area contributed by atoms with Gasteiger partial charge in [0, 0.05) is 0 Å². The van der Waals surface area contributed by atoms with Crippen molar-refractivity contribution in [3.05, 3.63) is 67.4 Å². The molecule has 0 aromatic heterocycles. The van der Waals surface area contributed by atoms with Gasteiger partial charge in [-0.25, -0.2) is 0 Å². The van der Waals surface area contributed by atoms with Gasteiger partial charge in [0.05, 0.1) is 11.4 Å². The average molecular weight is 184 g/mol. The molecule has 0 saturated heterocycles. The van der Waals surface area contributed by atoms with Crippen molar-refractivity contribution in [3.8, 4) is 0 Å². The Morgan fingerprint density at radius 3 is 2.43 bits per heavy atom. The van der Waals surface area contributed by atoms with Crippen LogP contribution in [0.1, 0.15) is 0 Å². The van der Waals surface area contributed by atoms with Crippen molar-refractivity contribution in [1.29, 1.82) is 0 Å². The number of azo groups is 1. The monoisotopic (exact) mass is 184 g/mol. The molecule has 0 N–H and O–H groups in total. The highest BCUT2D eigenvalue weighted by molar-refractivity contribution is 5.35. The van der Waals surface area contributed by atoms with E-state index in [1.165, 1.54) is 0 Å². The molecule has 0 bridgehead atoms. The highest BCUT2D eigenvalue weighted by Gasteiger charge is 1.86. The molecule has 70 valence electrons. The van der Waals surface area contributed by atoms with Gasteiger partial charge in [0.15, 0.2) is 0 Å². The Kier molecular flexibility index (Phi) is 4.08. The predicted molar refractivity (Wildman–Crippen MR) is 59.4 cm³/mol. The molecule has 0 aliphatic rings. The maximum absolute atomic E-state index is 4.03. The van der Waals surface area contributed by atoms with Crippen LogP contribution in [0.15, 0.2) is 77.6 Å². The Morgan fingerprint density at radius 2 is 1.86 bits per heavy atom. The Bertz CT molecular complexity index is 361. The van der Waals surface area contributed by atoms with Gasteiger partial charge in [-0.2, -0.15) is 10.2 Å². The van der Waals surface area contributed by atoms with Gasteiger partial charge in [0.1, 0.15) is 0 Å². The second-order valence-electron chi connectivity index (χ2n) is 2.57. The zero-order valence-electron chi connectivity index (χ0n) is 7.93. The van der Waals surface area contributed by atoms with E-state index in [1.807, 2.05) is 30.3 Å². The van der Waals surface area contributed by atoms with Gasteiger partial charge in [-0.15, -0.1) is 0 Å². The number of rotatable bonds is 4. The molecule has 0 radical (unpaired) electrons. The highest BCUT2D eigenvalue weighted by Crippen LogP contribution is 2.12. The van der Waals surface area contributed by atoms with Crippen LogP contribution in [0, 0.1) is 0 Å². The minimum absolute atomic E-state index is 0.698. The summed E-state index contributed by atoms with van der Waals surface area (Å²) >= 11 is 0. The van der Waals surface area contributed by atoms with Gasteiger partial charge >= 0.3 is 0 Å². The van der Waals surface area contributed by atoms with Crippen LogP contribution < -0.4 is 0 Å². The van der Waals surface area contributed by atoms with Gasteiger partial charge in [-0.3, -0.25) is 0 Å². The molecule has 14 heavy (non-hydrogen) atoms. The van der Waals surface area contributed by atoms with Gasteiger partial charge in [0.25, 0.3) is 0 Å². The summed E-state index contributed by atoms with van der Waals surface area (Å²) in [6.45, 7) is 7.20. The quantitative estimate of drug-likeness (QED) is 0.498. The third kappa shape index (κ3) is 3.19. The Labute approximate surface area is 84.0 Å². The Hall–Kier alpha value is -1.96. The maximum atomic E-state index is 4.03. The summed E-state index contributed by atoms with van der Waals surface area (Å²) in [6.07, 6.45) is 5.04. The standard InChI is InChI=1S/C12H12N2/c1-3-8-11(4-2)13-14-12-9-6-5-7-10-12/h3-10H,1-2H2/b11-8+,14-13+. The Balaban J connectivity index is 2.77. The van der Waals surface area contributed by atoms with E-state index < -0.39 is 0 Å². The molecule has 0 aliphatic carbocycles. The van der Waals surface area contributed by atoms with Crippen LogP contribution in [0.2, 0.25) is 0 Å². The SMILES string of the molecule is C=C/C=C(C=C)/N=N/c1ccccc1. The van der Waals surface area contributed by atoms with E-state index in [4.69, 9.17) is 0 Å². The molecule has 2 nitrogen and oxygen atoms in total. The molecule has 1 rings (SSSR count). The van der Waals surface area contributed by atoms with Gasteiger partial charge < -0.3 is 0 Å². The normalized spacial score (nSPS) is 11.6. The van der Waals surface area contributed by atoms with E-state index >= 15 is 0 Å². The fraction of sp³-hybridized carbons (Fsp3) is 0. The van der Waals surface area contributed by atoms with Crippen molar-refractivity contribution in [2.45, 2.75) is 0 Å². The lowest BCUT2D eigenvalue weighted by Gasteiger charge is -1.91. The van der Waals surface area contributed by atoms with Crippen LogP contribution in [0.4, 0.5) is 5.69 Å². The lowest BCUT2D eigenvalue weighted by Crippen LogP contribution is -1.67. The summed E-state index contributed by atoms with van der Waals surface area (Å²) in [5.74, 6) is 0. The fourth-order valence-electron chi connectivity index (χ4n) is 0.873. The minimum atomic E-state index is 0.698. The first-order chi connectivity index (χ1) is 6.86. The van der Waals surface area contributed by atoms with Gasteiger partial charge in [0.2, 0.25) is 0 Å². The van der Waals surface area contributed by atoms with Crippen molar-refractivity contribution in [2.75, 3.05) is 0 Å². The van der Waals surface area contributed by atoms with Crippen LogP contribution in [-0.2, 0) is 0 Å². The first-order valence-electron chi connectivity index (χ1n) is 4.29. The molecule has 1 aromatic carbocycles. The summed E-state index contributed by atoms with van der Waals surface area (Å²) in [5.41, 5.74) is 1.52. The number of benzene rings is 1. The topological polar surface area (TPSA) is 24.7 Å². The first-order valence-corrected chi connectivity index (χ1v) is 4.29. The molecular formula is C12H12N2. The second kappa shape index (κ2) is 5.65. The molecule has 0 heterocycles. The second-order valence-corrected chi connectivity index (χ2v) is 2.57. The molecule has 2 heteroatoms. The lowest BCUT2D eigenvalue weighted by molar-refractivity contribution is 1.17. The van der Waals surface area contributed by atoms with Crippen molar-refractivity contribution in [2.24, 2.45) is 10.2 Å². The lowest BCUT2D eigenvalue weighted by atomic mass is 10.3. The molecule has 0 amide bonds. The molecule has 0 unspecified atom stereocenters. The van der Waals surface area contributed by atoms with E-state index in [0.29, 0.717) is 5.70 Å². The largest absolute Gasteiger partial charge is 0.151 e. The maximum Gasteiger partial charge on any atom is 0.0857 e. The van der Waals surface area contributed by atoms with Crippen LogP contribution in [0.3, 0.4) is 0 Å². The first kappa shape index (κ1) is 10.1. The smallest absolute Gasteiger partial charge is 0.0857 e. The number of hydrogen-bond donors (Lipinski definition) is 0. The molecule has 0 atom stereocenters. The zero-order valence-corrected chi connectivity index (χ0v) is 7.93. The van der Waals surface area contributed by atoms with Crippen molar-refractivity contribution in [3.63, 3.8) is 0 Å². The van der Waals surface area contributed by atoms with E-state index in [2.05, 4.69) is 23.4 Å². The van der Waals surface area contributed by atoms with E-state index in [-0.39, 0.29) is 0 Å². The van der Waals surface area contributed by atoms with Gasteiger partial charge in [-0.05, 0) is 24.3 Å². The number of nitrogens with zero attached hydrogens (tertiary/aromatic N) is 2. The number of hydrogen-bond acceptors (Lipinski definition) is 2. The van der Waals surface area contributed by atoms with E-state index in [0.717, 1.165) is 5.69 Å². The van der Waals surface area contributed by atoms with Crippen molar-refractivity contribution in [1.82, 2.24) is 0 Å². The summed E-state index contributed by atoms with van der Waals surface area (Å²) in [5, 5.41) is 8.03. The minimum Gasteiger partial charge on any atom is -0.151 e. The predicted octanol–water partition coefficient (Wildman–Crippen LogP) is 4.03. The average Bonchev–Trinajstić information content (AvgIpc) is 2.25. The molecule has 0 aliphatic heterocycles. The summed E-state index contributed by atoms with van der Waals surface area (Å²) < 4.78 is 0. The third-order valence-electron chi connectivity index (χ3n) is 1.53. The Morgan fingerprint density at radius 1 is 1.14 bits per heavy atom. The van der Waals surface area contributed by atoms with Gasteiger partial charge in [-0.1, -0.05) is 37.4 Å². The molecule has 0 saturated carbocycles. The highest BCUT2D eigenvalue weighted by atomic mass is 15.1. The summed E-state index contributed by atoms with van der Waals surface area (Å²) in [7, 11) is 0. The van der Waals surface area contributed by atoms with Crippen LogP contribution in [0.5, 0.6) is 0 Å². The van der Waals surface area contributed by atoms with Crippen molar-refractivity contribution < 1.29 is 0 Å². The fourth-order valence-corrected chi connectivity index (χ4v) is 0.873. The summed E-state index contributed by atoms with van der Waals surface area (Å²) in [6, 6.07) is 9.54. The van der Waals surface area contributed by atoms with Crippen LogP contribution in [-0.4, -0.2) is 0 Å². The molecular weight excluding hydrogens is 172 g/mol.